The third-order valence-electron chi connectivity index (χ3n) is 5.93. The van der Waals surface area contributed by atoms with Crippen LogP contribution in [0.15, 0.2) is 18.6 Å². The van der Waals surface area contributed by atoms with E-state index in [4.69, 9.17) is 9.97 Å². The van der Waals surface area contributed by atoms with E-state index in [-0.39, 0.29) is 0 Å². The van der Waals surface area contributed by atoms with E-state index in [1.165, 1.54) is 47.9 Å². The molecule has 1 atom stereocenters. The highest BCUT2D eigenvalue weighted by atomic mass is 32.1. The van der Waals surface area contributed by atoms with Crippen molar-refractivity contribution in [3.05, 3.63) is 29.0 Å². The number of thiophene rings is 1. The lowest BCUT2D eigenvalue weighted by atomic mass is 9.96. The van der Waals surface area contributed by atoms with Gasteiger partial charge in [0.1, 0.15) is 16.3 Å². The van der Waals surface area contributed by atoms with Crippen molar-refractivity contribution in [2.24, 2.45) is 5.92 Å². The molecular weight excluding hydrogens is 354 g/mol. The van der Waals surface area contributed by atoms with Crippen molar-refractivity contribution in [2.45, 2.75) is 58.4 Å². The fourth-order valence-corrected chi connectivity index (χ4v) is 5.88. The van der Waals surface area contributed by atoms with E-state index in [0.717, 1.165) is 29.3 Å². The minimum atomic E-state index is 0.553. The molecule has 5 rings (SSSR count). The zero-order chi connectivity index (χ0) is 18.4. The van der Waals surface area contributed by atoms with Gasteiger partial charge in [-0.1, -0.05) is 13.8 Å². The molecule has 27 heavy (non-hydrogen) atoms. The van der Waals surface area contributed by atoms with Gasteiger partial charge in [-0.2, -0.15) is 0 Å². The van der Waals surface area contributed by atoms with Crippen LogP contribution in [0.25, 0.3) is 21.7 Å². The summed E-state index contributed by atoms with van der Waals surface area (Å²) in [5.41, 5.74) is 2.27. The molecule has 0 unspecified atom stereocenters. The van der Waals surface area contributed by atoms with E-state index in [1.54, 1.807) is 18.6 Å². The number of nitrogens with zero attached hydrogens (tertiary/aromatic N) is 5. The van der Waals surface area contributed by atoms with Crippen LogP contribution in [0.5, 0.6) is 0 Å². The quantitative estimate of drug-likeness (QED) is 0.663. The average molecular weight is 380 g/mol. The highest BCUT2D eigenvalue weighted by Gasteiger charge is 2.32. The SMILES string of the molecule is CC(C)[C@@H]1CCCN1c1nc(-c2cnccn2)nc2sc3c(c12)CCCC3. The van der Waals surface area contributed by atoms with E-state index in [0.29, 0.717) is 17.8 Å². The summed E-state index contributed by atoms with van der Waals surface area (Å²) in [6.45, 7) is 5.74. The third kappa shape index (κ3) is 2.90. The molecule has 0 bridgehead atoms. The third-order valence-corrected chi connectivity index (χ3v) is 7.11. The molecule has 0 saturated carbocycles. The Balaban J connectivity index is 1.74. The number of aryl methyl sites for hydroxylation is 2. The summed E-state index contributed by atoms with van der Waals surface area (Å²) in [4.78, 5) is 23.9. The van der Waals surface area contributed by atoms with Gasteiger partial charge in [-0.05, 0) is 50.0 Å². The van der Waals surface area contributed by atoms with Gasteiger partial charge < -0.3 is 4.90 Å². The van der Waals surface area contributed by atoms with Crippen molar-refractivity contribution in [2.75, 3.05) is 11.4 Å². The summed E-state index contributed by atoms with van der Waals surface area (Å²) < 4.78 is 0. The molecule has 1 aliphatic heterocycles. The topological polar surface area (TPSA) is 54.8 Å². The summed E-state index contributed by atoms with van der Waals surface area (Å²) >= 11 is 1.87. The first-order valence-corrected chi connectivity index (χ1v) is 10.9. The number of aromatic nitrogens is 4. The van der Waals surface area contributed by atoms with Gasteiger partial charge in [0.15, 0.2) is 5.82 Å². The monoisotopic (exact) mass is 379 g/mol. The van der Waals surface area contributed by atoms with Crippen LogP contribution in [-0.2, 0) is 12.8 Å². The molecule has 1 fully saturated rings. The van der Waals surface area contributed by atoms with E-state index in [9.17, 15) is 0 Å². The highest BCUT2D eigenvalue weighted by molar-refractivity contribution is 7.19. The largest absolute Gasteiger partial charge is 0.353 e. The van der Waals surface area contributed by atoms with Gasteiger partial charge in [-0.15, -0.1) is 11.3 Å². The van der Waals surface area contributed by atoms with Gasteiger partial charge in [-0.3, -0.25) is 4.98 Å². The van der Waals surface area contributed by atoms with E-state index >= 15 is 0 Å². The van der Waals surface area contributed by atoms with Gasteiger partial charge in [0.2, 0.25) is 0 Å². The molecular formula is C21H25N5S. The van der Waals surface area contributed by atoms with Crippen LogP contribution < -0.4 is 4.90 Å². The molecule has 2 aliphatic rings. The molecule has 1 aliphatic carbocycles. The van der Waals surface area contributed by atoms with Crippen LogP contribution in [0.4, 0.5) is 5.82 Å². The number of anilines is 1. The van der Waals surface area contributed by atoms with Crippen molar-refractivity contribution in [3.8, 4) is 11.5 Å². The molecule has 1 saturated heterocycles. The Bertz CT molecular complexity index is 966. The Kier molecular flexibility index (Phi) is 4.31. The van der Waals surface area contributed by atoms with Crippen LogP contribution in [0.3, 0.4) is 0 Å². The first-order chi connectivity index (χ1) is 13.2. The predicted octanol–water partition coefficient (Wildman–Crippen LogP) is 4.65. The Morgan fingerprint density at radius 2 is 2.00 bits per heavy atom. The van der Waals surface area contributed by atoms with Crippen LogP contribution >= 0.6 is 11.3 Å². The van der Waals surface area contributed by atoms with E-state index < -0.39 is 0 Å². The minimum Gasteiger partial charge on any atom is -0.353 e. The van der Waals surface area contributed by atoms with Crippen LogP contribution in [0.2, 0.25) is 0 Å². The van der Waals surface area contributed by atoms with Gasteiger partial charge in [0, 0.05) is 29.9 Å². The van der Waals surface area contributed by atoms with Crippen LogP contribution in [-0.4, -0.2) is 32.5 Å². The number of hydrogen-bond donors (Lipinski definition) is 0. The average Bonchev–Trinajstić information content (AvgIpc) is 3.32. The first kappa shape index (κ1) is 17.0. The zero-order valence-electron chi connectivity index (χ0n) is 16.0. The summed E-state index contributed by atoms with van der Waals surface area (Å²) in [6.07, 6.45) is 12.6. The number of rotatable bonds is 3. The fourth-order valence-electron chi connectivity index (χ4n) is 4.62. The molecule has 140 valence electrons. The lowest BCUT2D eigenvalue weighted by Gasteiger charge is -2.30. The fraction of sp³-hybridized carbons (Fsp3) is 0.524. The highest BCUT2D eigenvalue weighted by Crippen LogP contribution is 2.42. The predicted molar refractivity (Wildman–Crippen MR) is 110 cm³/mol. The van der Waals surface area contributed by atoms with Crippen molar-refractivity contribution in [1.29, 1.82) is 0 Å². The molecule has 0 spiro atoms. The molecule has 3 aromatic rings. The summed E-state index contributed by atoms with van der Waals surface area (Å²) in [7, 11) is 0. The Labute approximate surface area is 163 Å². The van der Waals surface area contributed by atoms with Crippen molar-refractivity contribution in [3.63, 3.8) is 0 Å². The maximum Gasteiger partial charge on any atom is 0.183 e. The second-order valence-electron chi connectivity index (χ2n) is 8.00. The molecule has 6 heteroatoms. The Hall–Kier alpha value is -2.08. The van der Waals surface area contributed by atoms with Crippen molar-refractivity contribution in [1.82, 2.24) is 19.9 Å². The van der Waals surface area contributed by atoms with E-state index in [2.05, 4.69) is 28.7 Å². The Morgan fingerprint density at radius 3 is 2.81 bits per heavy atom. The molecule has 0 aromatic carbocycles. The van der Waals surface area contributed by atoms with Gasteiger partial charge in [0.05, 0.1) is 11.6 Å². The molecule has 5 nitrogen and oxygen atoms in total. The lowest BCUT2D eigenvalue weighted by molar-refractivity contribution is 0.490. The number of fused-ring (bicyclic) bond motifs is 3. The van der Waals surface area contributed by atoms with Crippen molar-refractivity contribution >= 4 is 27.4 Å². The molecule has 4 heterocycles. The maximum absolute atomic E-state index is 5.09. The number of hydrogen-bond acceptors (Lipinski definition) is 6. The minimum absolute atomic E-state index is 0.553. The lowest BCUT2D eigenvalue weighted by Crippen LogP contribution is -2.34. The second-order valence-corrected chi connectivity index (χ2v) is 9.08. The van der Waals surface area contributed by atoms with Gasteiger partial charge in [0.25, 0.3) is 0 Å². The smallest absolute Gasteiger partial charge is 0.183 e. The van der Waals surface area contributed by atoms with Crippen LogP contribution in [0, 0.1) is 5.92 Å². The van der Waals surface area contributed by atoms with E-state index in [1.807, 2.05) is 11.3 Å². The normalized spacial score (nSPS) is 19.8. The van der Waals surface area contributed by atoms with Gasteiger partial charge >= 0.3 is 0 Å². The summed E-state index contributed by atoms with van der Waals surface area (Å²) in [6, 6.07) is 0.553. The zero-order valence-corrected chi connectivity index (χ0v) is 16.8. The van der Waals surface area contributed by atoms with Gasteiger partial charge in [-0.25, -0.2) is 15.0 Å². The molecule has 0 radical (unpaired) electrons. The molecule has 0 N–H and O–H groups in total. The standard InChI is InChI=1S/C21H25N5S/c1-13(2)16-7-5-11-26(16)20-18-14-6-3-4-8-17(14)27-21(18)25-19(24-20)15-12-22-9-10-23-15/h9-10,12-13,16H,3-8,11H2,1-2H3/t16-/m0/s1. The summed E-state index contributed by atoms with van der Waals surface area (Å²) in [5.74, 6) is 2.46. The molecule has 0 amide bonds. The first-order valence-electron chi connectivity index (χ1n) is 10.1. The summed E-state index contributed by atoms with van der Waals surface area (Å²) in [5, 5.41) is 1.31. The molecule has 3 aromatic heterocycles. The maximum atomic E-state index is 5.09. The van der Waals surface area contributed by atoms with Crippen LogP contribution in [0.1, 0.15) is 50.0 Å². The second kappa shape index (κ2) is 6.82. The Morgan fingerprint density at radius 1 is 1.11 bits per heavy atom. The van der Waals surface area contributed by atoms with Crippen molar-refractivity contribution < 1.29 is 0 Å².